The van der Waals surface area contributed by atoms with Crippen LogP contribution in [0.25, 0.3) is 0 Å². The van der Waals surface area contributed by atoms with Crippen molar-refractivity contribution in [3.05, 3.63) is 29.8 Å². The molecule has 1 aromatic rings. The van der Waals surface area contributed by atoms with Crippen molar-refractivity contribution in [3.63, 3.8) is 0 Å². The molecule has 0 spiro atoms. The van der Waals surface area contributed by atoms with Gasteiger partial charge < -0.3 is 5.11 Å². The number of aliphatic hydroxyl groups excluding tert-OH is 1. The third-order valence-corrected chi connectivity index (χ3v) is 5.27. The highest BCUT2D eigenvalue weighted by Crippen LogP contribution is 2.24. The minimum Gasteiger partial charge on any atom is -0.389 e. The highest BCUT2D eigenvalue weighted by Gasteiger charge is 2.30. The second-order valence-electron chi connectivity index (χ2n) is 5.00. The van der Waals surface area contributed by atoms with Gasteiger partial charge in [0.05, 0.1) is 11.0 Å². The Labute approximate surface area is 108 Å². The summed E-state index contributed by atoms with van der Waals surface area (Å²) in [6, 6.07) is 6.47. The van der Waals surface area contributed by atoms with Gasteiger partial charge in [0, 0.05) is 13.1 Å². The van der Waals surface area contributed by atoms with Gasteiger partial charge in [-0.25, -0.2) is 8.42 Å². The van der Waals surface area contributed by atoms with Gasteiger partial charge in [0.15, 0.2) is 0 Å². The van der Waals surface area contributed by atoms with Crippen LogP contribution in [0.1, 0.15) is 31.9 Å². The van der Waals surface area contributed by atoms with Crippen LogP contribution < -0.4 is 0 Å². The van der Waals surface area contributed by atoms with E-state index in [4.69, 9.17) is 0 Å². The Morgan fingerprint density at radius 2 is 1.94 bits per heavy atom. The third-order valence-electron chi connectivity index (χ3n) is 3.39. The lowest BCUT2D eigenvalue weighted by Gasteiger charge is -2.16. The average molecular weight is 269 g/mol. The zero-order valence-electron chi connectivity index (χ0n) is 10.7. The Morgan fingerprint density at radius 3 is 2.39 bits per heavy atom. The number of rotatable bonds is 3. The van der Waals surface area contributed by atoms with Crippen molar-refractivity contribution < 1.29 is 13.5 Å². The third kappa shape index (κ3) is 2.58. The average Bonchev–Trinajstić information content (AvgIpc) is 2.76. The van der Waals surface area contributed by atoms with Crippen LogP contribution in [0, 0.1) is 5.92 Å². The summed E-state index contributed by atoms with van der Waals surface area (Å²) in [5.41, 5.74) is 0.726. The molecule has 18 heavy (non-hydrogen) atoms. The van der Waals surface area contributed by atoms with Crippen LogP contribution in [0.4, 0.5) is 0 Å². The van der Waals surface area contributed by atoms with E-state index in [1.807, 2.05) is 0 Å². The summed E-state index contributed by atoms with van der Waals surface area (Å²) >= 11 is 0. The van der Waals surface area contributed by atoms with Crippen molar-refractivity contribution in [1.82, 2.24) is 4.31 Å². The molecule has 1 N–H and O–H groups in total. The van der Waals surface area contributed by atoms with E-state index in [9.17, 15) is 13.5 Å². The normalized spacial score (nSPS) is 23.2. The van der Waals surface area contributed by atoms with Gasteiger partial charge in [-0.1, -0.05) is 19.1 Å². The zero-order chi connectivity index (χ0) is 13.3. The van der Waals surface area contributed by atoms with Gasteiger partial charge >= 0.3 is 0 Å². The Morgan fingerprint density at radius 1 is 1.33 bits per heavy atom. The van der Waals surface area contributed by atoms with E-state index in [1.54, 1.807) is 31.2 Å². The molecule has 5 heteroatoms. The van der Waals surface area contributed by atoms with E-state index < -0.39 is 16.1 Å². The zero-order valence-corrected chi connectivity index (χ0v) is 11.5. The molecule has 2 unspecified atom stereocenters. The fourth-order valence-corrected chi connectivity index (χ4v) is 3.75. The fraction of sp³-hybridized carbons (Fsp3) is 0.538. The molecule has 1 fully saturated rings. The second-order valence-corrected chi connectivity index (χ2v) is 6.94. The largest absolute Gasteiger partial charge is 0.389 e. The van der Waals surface area contributed by atoms with Crippen molar-refractivity contribution in [2.75, 3.05) is 13.1 Å². The van der Waals surface area contributed by atoms with Gasteiger partial charge in [0.25, 0.3) is 0 Å². The van der Waals surface area contributed by atoms with E-state index in [0.717, 1.165) is 12.0 Å². The predicted molar refractivity (Wildman–Crippen MR) is 69.6 cm³/mol. The van der Waals surface area contributed by atoms with Crippen molar-refractivity contribution in [2.45, 2.75) is 31.3 Å². The van der Waals surface area contributed by atoms with Gasteiger partial charge in [-0.05, 0) is 37.0 Å². The van der Waals surface area contributed by atoms with Crippen molar-refractivity contribution >= 4 is 10.0 Å². The molecule has 0 aliphatic carbocycles. The lowest BCUT2D eigenvalue weighted by atomic mass is 10.1. The van der Waals surface area contributed by atoms with Crippen LogP contribution >= 0.6 is 0 Å². The lowest BCUT2D eigenvalue weighted by Crippen LogP contribution is -2.28. The summed E-state index contributed by atoms with van der Waals surface area (Å²) in [6.45, 7) is 4.92. The number of aliphatic hydroxyl groups is 1. The standard InChI is InChI=1S/C13H19NO3S/c1-10-7-8-14(9-10)18(16,17)13-5-3-12(4-6-13)11(2)15/h3-6,10-11,15H,7-9H2,1-2H3. The molecule has 0 aromatic heterocycles. The van der Waals surface area contributed by atoms with Crippen LogP contribution in [-0.4, -0.2) is 30.9 Å². The Bertz CT molecular complexity index is 508. The topological polar surface area (TPSA) is 57.6 Å². The second kappa shape index (κ2) is 4.99. The van der Waals surface area contributed by atoms with Crippen LogP contribution in [0.15, 0.2) is 29.2 Å². The molecule has 100 valence electrons. The van der Waals surface area contributed by atoms with Gasteiger partial charge in [-0.15, -0.1) is 0 Å². The fourth-order valence-electron chi connectivity index (χ4n) is 2.18. The molecule has 1 aliphatic rings. The van der Waals surface area contributed by atoms with E-state index in [0.29, 0.717) is 23.9 Å². The van der Waals surface area contributed by atoms with Crippen LogP contribution in [0.3, 0.4) is 0 Å². The molecule has 0 bridgehead atoms. The quantitative estimate of drug-likeness (QED) is 0.910. The molecule has 1 aliphatic heterocycles. The van der Waals surface area contributed by atoms with E-state index >= 15 is 0 Å². The molecule has 1 heterocycles. The first-order valence-electron chi connectivity index (χ1n) is 6.19. The first-order chi connectivity index (χ1) is 8.41. The number of nitrogens with zero attached hydrogens (tertiary/aromatic N) is 1. The lowest BCUT2D eigenvalue weighted by molar-refractivity contribution is 0.199. The molecule has 0 saturated carbocycles. The van der Waals surface area contributed by atoms with Gasteiger partial charge in [-0.2, -0.15) is 4.31 Å². The summed E-state index contributed by atoms with van der Waals surface area (Å²) in [6.07, 6.45) is 0.346. The number of benzene rings is 1. The summed E-state index contributed by atoms with van der Waals surface area (Å²) < 4.78 is 26.2. The number of hydrogen-bond donors (Lipinski definition) is 1. The monoisotopic (exact) mass is 269 g/mol. The minimum atomic E-state index is -3.36. The molecular weight excluding hydrogens is 250 g/mol. The summed E-state index contributed by atoms with van der Waals surface area (Å²) in [7, 11) is -3.36. The minimum absolute atomic E-state index is 0.306. The molecular formula is C13H19NO3S. The highest BCUT2D eigenvalue weighted by atomic mass is 32.2. The maximum absolute atomic E-state index is 12.3. The highest BCUT2D eigenvalue weighted by molar-refractivity contribution is 7.89. The van der Waals surface area contributed by atoms with E-state index in [2.05, 4.69) is 6.92 Å². The predicted octanol–water partition coefficient (Wildman–Crippen LogP) is 1.77. The number of sulfonamides is 1. The Hall–Kier alpha value is -0.910. The molecule has 1 saturated heterocycles. The molecule has 1 aromatic carbocycles. The molecule has 2 atom stereocenters. The van der Waals surface area contributed by atoms with Crippen LogP contribution in [0.2, 0.25) is 0 Å². The Balaban J connectivity index is 2.25. The van der Waals surface area contributed by atoms with Crippen molar-refractivity contribution in [2.24, 2.45) is 5.92 Å². The van der Waals surface area contributed by atoms with Crippen molar-refractivity contribution in [3.8, 4) is 0 Å². The Kier molecular flexibility index (Phi) is 3.75. The first-order valence-corrected chi connectivity index (χ1v) is 7.63. The molecule has 4 nitrogen and oxygen atoms in total. The van der Waals surface area contributed by atoms with Crippen LogP contribution in [0.5, 0.6) is 0 Å². The smallest absolute Gasteiger partial charge is 0.243 e. The molecule has 0 radical (unpaired) electrons. The van der Waals surface area contributed by atoms with Gasteiger partial charge in [0.2, 0.25) is 10.0 Å². The SMILES string of the molecule is CC1CCN(S(=O)(=O)c2ccc(C(C)O)cc2)C1. The van der Waals surface area contributed by atoms with Crippen molar-refractivity contribution in [1.29, 1.82) is 0 Å². The van der Waals surface area contributed by atoms with Gasteiger partial charge in [0.1, 0.15) is 0 Å². The first kappa shape index (κ1) is 13.5. The molecule has 0 amide bonds. The van der Waals surface area contributed by atoms with E-state index in [-0.39, 0.29) is 0 Å². The van der Waals surface area contributed by atoms with Crippen LogP contribution in [-0.2, 0) is 10.0 Å². The van der Waals surface area contributed by atoms with E-state index in [1.165, 1.54) is 4.31 Å². The number of hydrogen-bond acceptors (Lipinski definition) is 3. The molecule has 2 rings (SSSR count). The maximum Gasteiger partial charge on any atom is 0.243 e. The summed E-state index contributed by atoms with van der Waals surface area (Å²) in [5.74, 6) is 0.427. The maximum atomic E-state index is 12.3. The summed E-state index contributed by atoms with van der Waals surface area (Å²) in [4.78, 5) is 0.306. The van der Waals surface area contributed by atoms with Gasteiger partial charge in [-0.3, -0.25) is 0 Å². The summed E-state index contributed by atoms with van der Waals surface area (Å²) in [5, 5.41) is 9.40.